The summed E-state index contributed by atoms with van der Waals surface area (Å²) in [7, 11) is 0. The van der Waals surface area contributed by atoms with Gasteiger partial charge in [0.25, 0.3) is 0 Å². The lowest BCUT2D eigenvalue weighted by Crippen LogP contribution is -2.04. The van der Waals surface area contributed by atoms with Crippen molar-refractivity contribution in [3.63, 3.8) is 0 Å². The Balaban J connectivity index is 1.56. The van der Waals surface area contributed by atoms with Crippen molar-refractivity contribution in [2.75, 3.05) is 6.54 Å². The molecule has 6 aromatic rings. The minimum absolute atomic E-state index is 0.297. The van der Waals surface area contributed by atoms with E-state index in [0.717, 1.165) is 49.5 Å². The highest BCUT2D eigenvalue weighted by atomic mass is 19.1. The molecule has 3 heterocycles. The maximum Gasteiger partial charge on any atom is 0.147 e. The predicted octanol–water partition coefficient (Wildman–Crippen LogP) is 5.36. The van der Waals surface area contributed by atoms with Crippen molar-refractivity contribution in [3.05, 3.63) is 90.8 Å². The number of aromatic amines is 1. The van der Waals surface area contributed by atoms with E-state index in [4.69, 9.17) is 5.73 Å². The molecule has 0 radical (unpaired) electrons. The van der Waals surface area contributed by atoms with Crippen LogP contribution in [0.5, 0.6) is 0 Å². The second-order valence-electron chi connectivity index (χ2n) is 7.94. The number of hydrogen-bond acceptors (Lipinski definition) is 3. The first-order valence-electron chi connectivity index (χ1n) is 10.5. The van der Waals surface area contributed by atoms with E-state index >= 15 is 4.39 Å². The summed E-state index contributed by atoms with van der Waals surface area (Å²) in [5.74, 6) is -0.297. The normalized spacial score (nSPS) is 11.7. The van der Waals surface area contributed by atoms with Crippen LogP contribution < -0.4 is 5.73 Å². The van der Waals surface area contributed by atoms with E-state index in [2.05, 4.69) is 51.4 Å². The second kappa shape index (κ2) is 7.28. The molecule has 3 N–H and O–H groups in total. The molecule has 0 saturated heterocycles. The Labute approximate surface area is 183 Å². The van der Waals surface area contributed by atoms with Gasteiger partial charge in [0.1, 0.15) is 17.7 Å². The van der Waals surface area contributed by atoms with E-state index in [1.165, 1.54) is 0 Å². The molecule has 0 atom stereocenters. The highest BCUT2D eigenvalue weighted by Gasteiger charge is 2.14. The van der Waals surface area contributed by atoms with Crippen LogP contribution in [-0.2, 0) is 6.42 Å². The topological polar surface area (TPSA) is 72.5 Å². The first-order valence-corrected chi connectivity index (χ1v) is 10.5. The molecular formula is C26H20FN5. The lowest BCUT2D eigenvalue weighted by molar-refractivity contribution is 0.617. The molecule has 5 nitrogen and oxygen atoms in total. The minimum Gasteiger partial charge on any atom is -0.361 e. The molecule has 0 amide bonds. The van der Waals surface area contributed by atoms with Crippen LogP contribution in [0.25, 0.3) is 49.7 Å². The molecule has 3 aromatic carbocycles. The quantitative estimate of drug-likeness (QED) is 0.402. The van der Waals surface area contributed by atoms with Gasteiger partial charge in [0.2, 0.25) is 0 Å². The van der Waals surface area contributed by atoms with Gasteiger partial charge in [-0.15, -0.1) is 0 Å². The summed E-state index contributed by atoms with van der Waals surface area (Å²) in [5.41, 5.74) is 12.6. The Kier molecular flexibility index (Phi) is 4.26. The van der Waals surface area contributed by atoms with Gasteiger partial charge in [-0.05, 0) is 77.5 Å². The number of benzene rings is 3. The Morgan fingerprint density at radius 3 is 2.66 bits per heavy atom. The van der Waals surface area contributed by atoms with Gasteiger partial charge in [0.15, 0.2) is 0 Å². The zero-order chi connectivity index (χ0) is 21.7. The third-order valence-corrected chi connectivity index (χ3v) is 5.96. The van der Waals surface area contributed by atoms with Crippen molar-refractivity contribution in [2.45, 2.75) is 6.42 Å². The Morgan fingerprint density at radius 2 is 1.78 bits per heavy atom. The number of hydrogen-bond donors (Lipinski definition) is 2. The first kappa shape index (κ1) is 18.7. The van der Waals surface area contributed by atoms with E-state index in [1.807, 2.05) is 18.3 Å². The van der Waals surface area contributed by atoms with Crippen molar-refractivity contribution in [1.29, 1.82) is 0 Å². The highest BCUT2D eigenvalue weighted by molar-refractivity contribution is 6.04. The molecule has 3 aromatic heterocycles. The molecule has 0 aliphatic rings. The summed E-state index contributed by atoms with van der Waals surface area (Å²) >= 11 is 0. The third kappa shape index (κ3) is 2.96. The summed E-state index contributed by atoms with van der Waals surface area (Å²) in [6, 6.07) is 19.8. The van der Waals surface area contributed by atoms with Crippen LogP contribution in [0.3, 0.4) is 0 Å². The van der Waals surface area contributed by atoms with Crippen LogP contribution in [0.15, 0.2) is 79.4 Å². The fourth-order valence-electron chi connectivity index (χ4n) is 4.36. The van der Waals surface area contributed by atoms with E-state index in [1.54, 1.807) is 29.2 Å². The number of aromatic nitrogens is 4. The number of halogens is 1. The average molecular weight is 421 g/mol. The number of imidazole rings is 1. The molecule has 0 unspecified atom stereocenters. The number of nitrogens with zero attached hydrogens (tertiary/aromatic N) is 3. The Bertz CT molecular complexity index is 1610. The maximum absolute atomic E-state index is 15.0. The second-order valence-corrected chi connectivity index (χ2v) is 7.94. The van der Waals surface area contributed by atoms with Gasteiger partial charge in [-0.25, -0.2) is 9.37 Å². The number of pyridine rings is 1. The van der Waals surface area contributed by atoms with Gasteiger partial charge >= 0.3 is 0 Å². The van der Waals surface area contributed by atoms with Gasteiger partial charge in [-0.2, -0.15) is 0 Å². The van der Waals surface area contributed by atoms with Crippen molar-refractivity contribution in [2.24, 2.45) is 5.73 Å². The van der Waals surface area contributed by atoms with Gasteiger partial charge in [-0.3, -0.25) is 9.55 Å². The summed E-state index contributed by atoms with van der Waals surface area (Å²) in [6.45, 7) is 0.487. The molecular weight excluding hydrogens is 401 g/mol. The van der Waals surface area contributed by atoms with Crippen LogP contribution in [0, 0.1) is 5.82 Å². The number of fused-ring (bicyclic) bond motifs is 4. The Morgan fingerprint density at radius 1 is 0.906 bits per heavy atom. The standard InChI is InChI=1S/C26H20FN5/c27-21-11-16(7-9-28)1-6-25(21)32-15-31-24-14-30-23-5-3-18(13-20(23)26(24)32)17-2-4-22-19(12-17)8-10-29-22/h1-6,8,10-15,29H,7,9,28H2. The molecule has 0 aliphatic heterocycles. The summed E-state index contributed by atoms with van der Waals surface area (Å²) in [5, 5.41) is 2.08. The molecule has 0 bridgehead atoms. The zero-order valence-corrected chi connectivity index (χ0v) is 17.2. The van der Waals surface area contributed by atoms with Gasteiger partial charge < -0.3 is 10.7 Å². The van der Waals surface area contributed by atoms with Crippen LogP contribution >= 0.6 is 0 Å². The molecule has 32 heavy (non-hydrogen) atoms. The molecule has 0 spiro atoms. The van der Waals surface area contributed by atoms with Crippen LogP contribution in [0.1, 0.15) is 5.56 Å². The van der Waals surface area contributed by atoms with E-state index < -0.39 is 0 Å². The van der Waals surface area contributed by atoms with E-state index in [0.29, 0.717) is 18.7 Å². The minimum atomic E-state index is -0.297. The SMILES string of the molecule is NCCc1ccc(-n2cnc3cnc4ccc(-c5ccc6[nH]ccc6c5)cc4c32)c(F)c1. The van der Waals surface area contributed by atoms with E-state index in [9.17, 15) is 0 Å². The lowest BCUT2D eigenvalue weighted by Gasteiger charge is -2.10. The Hall–Kier alpha value is -4.03. The van der Waals surface area contributed by atoms with Gasteiger partial charge in [0, 0.05) is 17.1 Å². The van der Waals surface area contributed by atoms with Crippen LogP contribution in [-0.4, -0.2) is 26.1 Å². The fraction of sp³-hybridized carbons (Fsp3) is 0.0769. The largest absolute Gasteiger partial charge is 0.361 e. The summed E-state index contributed by atoms with van der Waals surface area (Å²) in [6.07, 6.45) is 5.98. The number of nitrogens with two attached hydrogens (primary N) is 1. The van der Waals surface area contributed by atoms with Crippen molar-refractivity contribution in [3.8, 4) is 16.8 Å². The molecule has 0 fully saturated rings. The van der Waals surface area contributed by atoms with Crippen LogP contribution in [0.2, 0.25) is 0 Å². The zero-order valence-electron chi connectivity index (χ0n) is 17.2. The molecule has 0 aliphatic carbocycles. The predicted molar refractivity (Wildman–Crippen MR) is 126 cm³/mol. The van der Waals surface area contributed by atoms with Gasteiger partial charge in [-0.1, -0.05) is 18.2 Å². The average Bonchev–Trinajstić information content (AvgIpc) is 3.46. The molecule has 6 heteroatoms. The van der Waals surface area contributed by atoms with Gasteiger partial charge in [0.05, 0.1) is 22.9 Å². The molecule has 0 saturated carbocycles. The molecule has 156 valence electrons. The van der Waals surface area contributed by atoms with Crippen molar-refractivity contribution >= 4 is 32.8 Å². The first-order chi connectivity index (χ1) is 15.7. The monoisotopic (exact) mass is 421 g/mol. The lowest BCUT2D eigenvalue weighted by atomic mass is 10.0. The fourth-order valence-corrected chi connectivity index (χ4v) is 4.36. The third-order valence-electron chi connectivity index (χ3n) is 5.96. The maximum atomic E-state index is 15.0. The van der Waals surface area contributed by atoms with Crippen molar-refractivity contribution < 1.29 is 4.39 Å². The number of H-pyrrole nitrogens is 1. The van der Waals surface area contributed by atoms with E-state index in [-0.39, 0.29) is 5.82 Å². The number of rotatable bonds is 4. The highest BCUT2D eigenvalue weighted by Crippen LogP contribution is 2.31. The summed E-state index contributed by atoms with van der Waals surface area (Å²) < 4.78 is 16.8. The number of nitrogens with one attached hydrogen (secondary N) is 1. The van der Waals surface area contributed by atoms with Crippen LogP contribution in [0.4, 0.5) is 4.39 Å². The smallest absolute Gasteiger partial charge is 0.147 e. The molecule has 6 rings (SSSR count). The van der Waals surface area contributed by atoms with Crippen molar-refractivity contribution in [1.82, 2.24) is 19.5 Å². The summed E-state index contributed by atoms with van der Waals surface area (Å²) in [4.78, 5) is 12.3.